The van der Waals surface area contributed by atoms with Gasteiger partial charge in [-0.3, -0.25) is 9.36 Å². The Morgan fingerprint density at radius 2 is 1.64 bits per heavy atom. The molecule has 0 aliphatic rings. The van der Waals surface area contributed by atoms with Crippen LogP contribution in [-0.4, -0.2) is 9.55 Å². The monoisotopic (exact) mass is 388 g/mol. The van der Waals surface area contributed by atoms with Crippen molar-refractivity contribution in [3.8, 4) is 11.1 Å². The van der Waals surface area contributed by atoms with Crippen LogP contribution in [0.5, 0.6) is 0 Å². The van der Waals surface area contributed by atoms with Crippen molar-refractivity contribution < 1.29 is 0 Å². The van der Waals surface area contributed by atoms with Gasteiger partial charge in [0.1, 0.15) is 5.65 Å². The molecule has 0 aliphatic carbocycles. The van der Waals surface area contributed by atoms with Gasteiger partial charge in [0, 0.05) is 34.3 Å². The van der Waals surface area contributed by atoms with Crippen LogP contribution in [0.15, 0.2) is 83.8 Å². The van der Waals surface area contributed by atoms with E-state index in [1.54, 1.807) is 10.8 Å². The van der Waals surface area contributed by atoms with Crippen LogP contribution >= 0.6 is 11.6 Å². The largest absolute Gasteiger partial charge is 0.292 e. The first-order chi connectivity index (χ1) is 13.7. The molecule has 0 atom stereocenters. The van der Waals surface area contributed by atoms with Crippen LogP contribution in [0.2, 0.25) is 5.02 Å². The number of unbranched alkanes of at least 4 members (excludes halogenated alkanes) is 1. The zero-order chi connectivity index (χ0) is 19.3. The number of aromatic nitrogens is 2. The molecule has 4 rings (SSSR count). The molecule has 0 amide bonds. The van der Waals surface area contributed by atoms with Gasteiger partial charge in [-0.25, -0.2) is 4.98 Å². The standard InChI is InChI=1S/C24H21ClN2O/c25-22-14-5-4-13-20(22)21-17-19-12-8-15-26-23(19)27(24(21)28)16-7-6-11-18-9-2-1-3-10-18/h1-5,8-10,12-15,17H,6-7,11,16H2. The molecule has 0 bridgehead atoms. The Bertz CT molecular complexity index is 1150. The van der Waals surface area contributed by atoms with Crippen molar-refractivity contribution in [1.82, 2.24) is 9.55 Å². The van der Waals surface area contributed by atoms with Crippen LogP contribution in [0.1, 0.15) is 18.4 Å². The highest BCUT2D eigenvalue weighted by Crippen LogP contribution is 2.27. The summed E-state index contributed by atoms with van der Waals surface area (Å²) in [7, 11) is 0. The summed E-state index contributed by atoms with van der Waals surface area (Å²) in [6.45, 7) is 0.636. The summed E-state index contributed by atoms with van der Waals surface area (Å²) in [4.78, 5) is 17.7. The molecular weight excluding hydrogens is 368 g/mol. The van der Waals surface area contributed by atoms with Crippen molar-refractivity contribution >= 4 is 22.6 Å². The van der Waals surface area contributed by atoms with Crippen LogP contribution in [0.4, 0.5) is 0 Å². The molecule has 2 aromatic carbocycles. The predicted octanol–water partition coefficient (Wildman–Crippen LogP) is 5.74. The van der Waals surface area contributed by atoms with Gasteiger partial charge in [-0.1, -0.05) is 60.1 Å². The highest BCUT2D eigenvalue weighted by molar-refractivity contribution is 6.33. The predicted molar refractivity (Wildman–Crippen MR) is 116 cm³/mol. The van der Waals surface area contributed by atoms with E-state index in [4.69, 9.17) is 11.6 Å². The Kier molecular flexibility index (Phi) is 5.54. The van der Waals surface area contributed by atoms with Gasteiger partial charge in [-0.2, -0.15) is 0 Å². The van der Waals surface area contributed by atoms with Crippen LogP contribution < -0.4 is 5.56 Å². The Morgan fingerprint density at radius 3 is 2.46 bits per heavy atom. The van der Waals surface area contributed by atoms with E-state index < -0.39 is 0 Å². The van der Waals surface area contributed by atoms with Crippen LogP contribution in [0.25, 0.3) is 22.2 Å². The van der Waals surface area contributed by atoms with Gasteiger partial charge in [0.2, 0.25) is 0 Å². The number of hydrogen-bond acceptors (Lipinski definition) is 2. The lowest BCUT2D eigenvalue weighted by molar-refractivity contribution is 0.606. The van der Waals surface area contributed by atoms with Gasteiger partial charge in [0.25, 0.3) is 5.56 Å². The van der Waals surface area contributed by atoms with Crippen LogP contribution in [0, 0.1) is 0 Å². The van der Waals surface area contributed by atoms with Gasteiger partial charge in [0.15, 0.2) is 0 Å². The first-order valence-corrected chi connectivity index (χ1v) is 9.89. The lowest BCUT2D eigenvalue weighted by atomic mass is 10.1. The molecule has 0 aliphatic heterocycles. The molecule has 0 spiro atoms. The van der Waals surface area contributed by atoms with Gasteiger partial charge >= 0.3 is 0 Å². The minimum atomic E-state index is -0.0426. The number of halogens is 1. The molecule has 3 nitrogen and oxygen atoms in total. The molecular formula is C24H21ClN2O. The van der Waals surface area contributed by atoms with Gasteiger partial charge in [0.05, 0.1) is 0 Å². The maximum absolute atomic E-state index is 13.3. The fourth-order valence-corrected chi connectivity index (χ4v) is 3.77. The van der Waals surface area contributed by atoms with E-state index >= 15 is 0 Å². The Hall–Kier alpha value is -2.91. The summed E-state index contributed by atoms with van der Waals surface area (Å²) in [6, 6.07) is 23.7. The van der Waals surface area contributed by atoms with Crippen molar-refractivity contribution in [1.29, 1.82) is 0 Å². The highest BCUT2D eigenvalue weighted by Gasteiger charge is 2.13. The zero-order valence-corrected chi connectivity index (χ0v) is 16.3. The molecule has 0 fully saturated rings. The number of hydrogen-bond donors (Lipinski definition) is 0. The van der Waals surface area contributed by atoms with E-state index in [9.17, 15) is 4.79 Å². The fourth-order valence-electron chi connectivity index (χ4n) is 3.53. The Morgan fingerprint density at radius 1 is 0.857 bits per heavy atom. The fraction of sp³-hybridized carbons (Fsp3) is 0.167. The van der Waals surface area contributed by atoms with E-state index in [0.717, 1.165) is 35.9 Å². The Balaban J connectivity index is 1.66. The first kappa shape index (κ1) is 18.5. The van der Waals surface area contributed by atoms with E-state index in [1.807, 2.05) is 48.5 Å². The van der Waals surface area contributed by atoms with E-state index in [-0.39, 0.29) is 5.56 Å². The second kappa shape index (κ2) is 8.41. The highest BCUT2D eigenvalue weighted by atomic mass is 35.5. The summed E-state index contributed by atoms with van der Waals surface area (Å²) in [6.07, 6.45) is 4.66. The lowest BCUT2D eigenvalue weighted by Crippen LogP contribution is -2.23. The zero-order valence-electron chi connectivity index (χ0n) is 15.5. The average molecular weight is 389 g/mol. The van der Waals surface area contributed by atoms with Crippen LogP contribution in [-0.2, 0) is 13.0 Å². The molecule has 0 radical (unpaired) electrons. The maximum atomic E-state index is 13.3. The third-order valence-corrected chi connectivity index (χ3v) is 5.28. The molecule has 28 heavy (non-hydrogen) atoms. The summed E-state index contributed by atoms with van der Waals surface area (Å²) >= 11 is 6.37. The maximum Gasteiger partial charge on any atom is 0.260 e. The lowest BCUT2D eigenvalue weighted by Gasteiger charge is -2.13. The minimum Gasteiger partial charge on any atom is -0.292 e. The topological polar surface area (TPSA) is 34.9 Å². The van der Waals surface area contributed by atoms with Crippen molar-refractivity contribution in [2.24, 2.45) is 0 Å². The van der Waals surface area contributed by atoms with Gasteiger partial charge in [-0.05, 0) is 49.1 Å². The van der Waals surface area contributed by atoms with Crippen molar-refractivity contribution in [2.75, 3.05) is 0 Å². The summed E-state index contributed by atoms with van der Waals surface area (Å²) in [5.74, 6) is 0. The van der Waals surface area contributed by atoms with E-state index in [2.05, 4.69) is 29.2 Å². The molecule has 4 heteroatoms. The first-order valence-electron chi connectivity index (χ1n) is 9.51. The molecule has 2 aromatic heterocycles. The number of benzene rings is 2. The number of fused-ring (bicyclic) bond motifs is 1. The summed E-state index contributed by atoms with van der Waals surface area (Å²) in [5, 5.41) is 1.53. The number of pyridine rings is 2. The molecule has 2 heterocycles. The minimum absolute atomic E-state index is 0.0426. The number of aryl methyl sites for hydroxylation is 2. The van der Waals surface area contributed by atoms with E-state index in [1.165, 1.54) is 5.56 Å². The normalized spacial score (nSPS) is 11.0. The number of rotatable bonds is 6. The second-order valence-corrected chi connectivity index (χ2v) is 7.26. The van der Waals surface area contributed by atoms with Crippen molar-refractivity contribution in [2.45, 2.75) is 25.8 Å². The van der Waals surface area contributed by atoms with E-state index in [0.29, 0.717) is 17.1 Å². The molecule has 0 unspecified atom stereocenters. The molecule has 4 aromatic rings. The van der Waals surface area contributed by atoms with Crippen molar-refractivity contribution in [3.63, 3.8) is 0 Å². The van der Waals surface area contributed by atoms with Crippen molar-refractivity contribution in [3.05, 3.63) is 99.9 Å². The number of nitrogens with zero attached hydrogens (tertiary/aromatic N) is 2. The quantitative estimate of drug-likeness (QED) is 0.395. The third-order valence-electron chi connectivity index (χ3n) is 4.95. The Labute approximate surface area is 169 Å². The van der Waals surface area contributed by atoms with Crippen LogP contribution in [0.3, 0.4) is 0 Å². The molecule has 0 N–H and O–H groups in total. The van der Waals surface area contributed by atoms with Gasteiger partial charge in [-0.15, -0.1) is 0 Å². The SMILES string of the molecule is O=c1c(-c2ccccc2Cl)cc2cccnc2n1CCCCc1ccccc1. The average Bonchev–Trinajstić information content (AvgIpc) is 2.73. The van der Waals surface area contributed by atoms with Gasteiger partial charge < -0.3 is 0 Å². The summed E-state index contributed by atoms with van der Waals surface area (Å²) < 4.78 is 1.79. The molecule has 0 saturated heterocycles. The third kappa shape index (κ3) is 3.85. The molecule has 140 valence electrons. The molecule has 0 saturated carbocycles. The second-order valence-electron chi connectivity index (χ2n) is 6.85. The summed E-state index contributed by atoms with van der Waals surface area (Å²) in [5.41, 5.74) is 3.39. The smallest absolute Gasteiger partial charge is 0.260 e.